The quantitative estimate of drug-likeness (QED) is 0.846. The summed E-state index contributed by atoms with van der Waals surface area (Å²) in [7, 11) is 0. The summed E-state index contributed by atoms with van der Waals surface area (Å²) in [5, 5.41) is 9.63. The molecular weight excluding hydrogens is 351 g/mol. The molecule has 1 aliphatic heterocycles. The molecule has 3 heterocycles. The van der Waals surface area contributed by atoms with E-state index in [1.54, 1.807) is 13.8 Å². The minimum Gasteiger partial charge on any atom is -0.350 e. The minimum absolute atomic E-state index is 0.196. The van der Waals surface area contributed by atoms with Crippen molar-refractivity contribution in [1.29, 1.82) is 0 Å². The Morgan fingerprint density at radius 2 is 2.08 bits per heavy atom. The fraction of sp³-hybridized carbons (Fsp3) is 0.562. The van der Waals surface area contributed by atoms with Gasteiger partial charge in [-0.05, 0) is 19.9 Å². The highest BCUT2D eigenvalue weighted by Crippen LogP contribution is 2.25. The molecule has 2 aromatic heterocycles. The third-order valence-electron chi connectivity index (χ3n) is 4.42. The monoisotopic (exact) mass is 371 g/mol. The summed E-state index contributed by atoms with van der Waals surface area (Å²) in [6.45, 7) is 4.35. The third-order valence-corrected chi connectivity index (χ3v) is 4.42. The predicted octanol–water partition coefficient (Wildman–Crippen LogP) is 1.41. The Bertz CT molecular complexity index is 799. The zero-order chi connectivity index (χ0) is 18.9. The fourth-order valence-corrected chi connectivity index (χ4v) is 3.13. The van der Waals surface area contributed by atoms with E-state index in [1.165, 1.54) is 11.0 Å². The molecule has 1 saturated heterocycles. The van der Waals surface area contributed by atoms with Crippen LogP contribution in [-0.2, 0) is 0 Å². The van der Waals surface area contributed by atoms with Crippen LogP contribution in [0.3, 0.4) is 0 Å². The molecule has 1 amide bonds. The van der Waals surface area contributed by atoms with Gasteiger partial charge in [0.1, 0.15) is 6.04 Å². The molecule has 0 radical (unpaired) electrons. The molecule has 1 aliphatic rings. The van der Waals surface area contributed by atoms with Crippen molar-refractivity contribution in [3.05, 3.63) is 23.0 Å². The van der Waals surface area contributed by atoms with Crippen LogP contribution in [0.2, 0.25) is 0 Å². The van der Waals surface area contributed by atoms with E-state index in [0.29, 0.717) is 29.9 Å². The Kier molecular flexibility index (Phi) is 5.15. The average molecular weight is 371 g/mol. The van der Waals surface area contributed by atoms with Crippen molar-refractivity contribution in [2.24, 2.45) is 0 Å². The molecular formula is C16H20F3N5O2. The Morgan fingerprint density at radius 3 is 2.73 bits per heavy atom. The predicted molar refractivity (Wildman–Crippen MR) is 87.9 cm³/mol. The van der Waals surface area contributed by atoms with Gasteiger partial charge >= 0.3 is 6.18 Å². The first-order valence-corrected chi connectivity index (χ1v) is 8.30. The SMILES string of the molecule is Cc1cc(C(=O)NCC(N2CCNCC2)C(F)(F)F)c2c(C)noc2n1. The summed E-state index contributed by atoms with van der Waals surface area (Å²) < 4.78 is 45.4. The number of hydrogen-bond donors (Lipinski definition) is 2. The van der Waals surface area contributed by atoms with E-state index in [1.807, 2.05) is 0 Å². The molecule has 10 heteroatoms. The Hall–Kier alpha value is -2.20. The average Bonchev–Trinajstić information content (AvgIpc) is 2.94. The lowest BCUT2D eigenvalue weighted by atomic mass is 10.1. The first-order chi connectivity index (χ1) is 12.3. The Balaban J connectivity index is 1.79. The van der Waals surface area contributed by atoms with Crippen LogP contribution >= 0.6 is 0 Å². The summed E-state index contributed by atoms with van der Waals surface area (Å²) in [6.07, 6.45) is -4.43. The van der Waals surface area contributed by atoms with Gasteiger partial charge in [0.2, 0.25) is 0 Å². The fourth-order valence-electron chi connectivity index (χ4n) is 3.13. The second-order valence-corrected chi connectivity index (χ2v) is 6.31. The van der Waals surface area contributed by atoms with Crippen molar-refractivity contribution < 1.29 is 22.5 Å². The molecule has 1 atom stereocenters. The van der Waals surface area contributed by atoms with Crippen molar-refractivity contribution in [2.75, 3.05) is 32.7 Å². The van der Waals surface area contributed by atoms with Crippen LogP contribution in [0, 0.1) is 13.8 Å². The molecule has 2 aromatic rings. The number of fused-ring (bicyclic) bond motifs is 1. The standard InChI is InChI=1S/C16H20F3N5O2/c1-9-7-11(13-10(2)23-26-15(13)22-9)14(25)21-8-12(16(17,18)19)24-5-3-20-4-6-24/h7,12,20H,3-6,8H2,1-2H3,(H,21,25). The van der Waals surface area contributed by atoms with Gasteiger partial charge in [0.15, 0.2) is 0 Å². The number of piperazine rings is 1. The Labute approximate surface area is 147 Å². The van der Waals surface area contributed by atoms with Crippen LogP contribution in [0.25, 0.3) is 11.1 Å². The van der Waals surface area contributed by atoms with E-state index in [0.717, 1.165) is 0 Å². The lowest BCUT2D eigenvalue weighted by Crippen LogP contribution is -2.57. The van der Waals surface area contributed by atoms with Crippen LogP contribution in [0.1, 0.15) is 21.7 Å². The van der Waals surface area contributed by atoms with Gasteiger partial charge < -0.3 is 15.2 Å². The molecule has 142 valence electrons. The lowest BCUT2D eigenvalue weighted by molar-refractivity contribution is -0.183. The molecule has 0 aromatic carbocycles. The van der Waals surface area contributed by atoms with E-state index in [-0.39, 0.29) is 24.4 Å². The maximum atomic E-state index is 13.4. The highest BCUT2D eigenvalue weighted by Gasteiger charge is 2.43. The topological polar surface area (TPSA) is 83.3 Å². The number of carbonyl (C=O) groups excluding carboxylic acids is 1. The van der Waals surface area contributed by atoms with Crippen molar-refractivity contribution in [3.63, 3.8) is 0 Å². The van der Waals surface area contributed by atoms with Crippen molar-refractivity contribution in [3.8, 4) is 0 Å². The molecule has 0 aliphatic carbocycles. The van der Waals surface area contributed by atoms with Crippen molar-refractivity contribution in [1.82, 2.24) is 25.7 Å². The van der Waals surface area contributed by atoms with Crippen molar-refractivity contribution in [2.45, 2.75) is 26.1 Å². The maximum absolute atomic E-state index is 13.4. The van der Waals surface area contributed by atoms with Gasteiger partial charge in [0, 0.05) is 38.4 Å². The summed E-state index contributed by atoms with van der Waals surface area (Å²) in [4.78, 5) is 18.1. The number of halogens is 3. The Morgan fingerprint density at radius 1 is 1.38 bits per heavy atom. The van der Waals surface area contributed by atoms with E-state index in [9.17, 15) is 18.0 Å². The summed E-state index contributed by atoms with van der Waals surface area (Å²) in [5.41, 5.74) is 1.40. The van der Waals surface area contributed by atoms with E-state index < -0.39 is 24.7 Å². The molecule has 3 rings (SSSR count). The molecule has 1 fully saturated rings. The number of aryl methyl sites for hydroxylation is 2. The van der Waals surface area contributed by atoms with Gasteiger partial charge in [0.25, 0.3) is 11.6 Å². The van der Waals surface area contributed by atoms with Gasteiger partial charge in [0.05, 0.1) is 16.6 Å². The van der Waals surface area contributed by atoms with E-state index in [2.05, 4.69) is 20.8 Å². The van der Waals surface area contributed by atoms with Gasteiger partial charge in [-0.25, -0.2) is 4.98 Å². The van der Waals surface area contributed by atoms with Crippen LogP contribution in [0.4, 0.5) is 13.2 Å². The van der Waals surface area contributed by atoms with Gasteiger partial charge in [-0.15, -0.1) is 0 Å². The first kappa shape index (κ1) is 18.6. The first-order valence-electron chi connectivity index (χ1n) is 8.30. The zero-order valence-electron chi connectivity index (χ0n) is 14.5. The second kappa shape index (κ2) is 7.20. The smallest absolute Gasteiger partial charge is 0.350 e. The molecule has 0 spiro atoms. The zero-order valence-corrected chi connectivity index (χ0v) is 14.5. The van der Waals surface area contributed by atoms with Crippen LogP contribution in [0.5, 0.6) is 0 Å². The highest BCUT2D eigenvalue weighted by atomic mass is 19.4. The number of hydrogen-bond acceptors (Lipinski definition) is 6. The van der Waals surface area contributed by atoms with E-state index >= 15 is 0 Å². The lowest BCUT2D eigenvalue weighted by Gasteiger charge is -2.35. The number of rotatable bonds is 4. The number of aromatic nitrogens is 2. The van der Waals surface area contributed by atoms with Crippen LogP contribution in [0.15, 0.2) is 10.6 Å². The van der Waals surface area contributed by atoms with Gasteiger partial charge in [-0.2, -0.15) is 13.2 Å². The molecule has 26 heavy (non-hydrogen) atoms. The third kappa shape index (κ3) is 3.80. The molecule has 0 saturated carbocycles. The summed E-state index contributed by atoms with van der Waals surface area (Å²) in [6, 6.07) is -0.203. The molecule has 1 unspecified atom stereocenters. The normalized spacial score (nSPS) is 17.4. The number of nitrogens with one attached hydrogen (secondary N) is 2. The highest BCUT2D eigenvalue weighted by molar-refractivity contribution is 6.06. The number of alkyl halides is 3. The second-order valence-electron chi connectivity index (χ2n) is 6.31. The van der Waals surface area contributed by atoms with Crippen LogP contribution < -0.4 is 10.6 Å². The van der Waals surface area contributed by atoms with Crippen LogP contribution in [-0.4, -0.2) is 65.9 Å². The molecule has 2 N–H and O–H groups in total. The largest absolute Gasteiger partial charge is 0.405 e. The maximum Gasteiger partial charge on any atom is 0.405 e. The number of nitrogens with zero attached hydrogens (tertiary/aromatic N) is 3. The summed E-state index contributed by atoms with van der Waals surface area (Å²) >= 11 is 0. The van der Waals surface area contributed by atoms with Crippen molar-refractivity contribution >= 4 is 17.0 Å². The molecule has 0 bridgehead atoms. The summed E-state index contributed by atoms with van der Waals surface area (Å²) in [5.74, 6) is -0.601. The number of carbonyl (C=O) groups is 1. The number of amides is 1. The number of pyridine rings is 1. The van der Waals surface area contributed by atoms with Gasteiger partial charge in [-0.1, -0.05) is 5.16 Å². The molecule has 7 nitrogen and oxygen atoms in total. The van der Waals surface area contributed by atoms with Gasteiger partial charge in [-0.3, -0.25) is 9.69 Å². The van der Waals surface area contributed by atoms with E-state index in [4.69, 9.17) is 4.52 Å². The minimum atomic E-state index is -4.43.